The van der Waals surface area contributed by atoms with Crippen molar-refractivity contribution in [3.8, 4) is 0 Å². The molecular formula is C8H16O6S. The van der Waals surface area contributed by atoms with Crippen molar-refractivity contribution in [2.45, 2.75) is 32.6 Å². The molecule has 0 spiro atoms. The number of hydrogen-bond donors (Lipinski definition) is 1. The summed E-state index contributed by atoms with van der Waals surface area (Å²) in [6.07, 6.45) is 3.85. The standard InChI is InChI=1S/C8H16O6S/c1-2-3-4-5-6-13-8(9)7-14-15(10,11)12/h2-7H2,1H3,(H,10,11,12). The van der Waals surface area contributed by atoms with Crippen molar-refractivity contribution in [3.63, 3.8) is 0 Å². The highest BCUT2D eigenvalue weighted by Crippen LogP contribution is 1.99. The predicted molar refractivity (Wildman–Crippen MR) is 52.6 cm³/mol. The van der Waals surface area contributed by atoms with Gasteiger partial charge in [-0.1, -0.05) is 26.2 Å². The second kappa shape index (κ2) is 7.61. The Morgan fingerprint density at radius 2 is 1.93 bits per heavy atom. The summed E-state index contributed by atoms with van der Waals surface area (Å²) in [4.78, 5) is 10.8. The fraction of sp³-hybridized carbons (Fsp3) is 0.875. The van der Waals surface area contributed by atoms with Crippen LogP contribution in [0.5, 0.6) is 0 Å². The average Bonchev–Trinajstić information content (AvgIpc) is 2.13. The maximum absolute atomic E-state index is 10.8. The van der Waals surface area contributed by atoms with Crippen LogP contribution in [-0.4, -0.2) is 32.2 Å². The highest BCUT2D eigenvalue weighted by atomic mass is 32.3. The minimum absolute atomic E-state index is 0.244. The normalized spacial score (nSPS) is 11.3. The van der Waals surface area contributed by atoms with Gasteiger partial charge in [0.2, 0.25) is 0 Å². The molecule has 0 unspecified atom stereocenters. The van der Waals surface area contributed by atoms with Gasteiger partial charge in [-0.25, -0.2) is 8.98 Å². The summed E-state index contributed by atoms with van der Waals surface area (Å²) in [5.74, 6) is -0.802. The van der Waals surface area contributed by atoms with Gasteiger partial charge in [0.15, 0.2) is 6.61 Å². The Kier molecular flexibility index (Phi) is 7.27. The van der Waals surface area contributed by atoms with Crippen molar-refractivity contribution in [3.05, 3.63) is 0 Å². The summed E-state index contributed by atoms with van der Waals surface area (Å²) in [6.45, 7) is 1.52. The highest BCUT2D eigenvalue weighted by Gasteiger charge is 2.10. The molecule has 0 aliphatic heterocycles. The van der Waals surface area contributed by atoms with Crippen LogP contribution in [0, 0.1) is 0 Å². The van der Waals surface area contributed by atoms with Gasteiger partial charge in [-0.15, -0.1) is 0 Å². The van der Waals surface area contributed by atoms with E-state index in [-0.39, 0.29) is 6.61 Å². The van der Waals surface area contributed by atoms with Gasteiger partial charge in [0, 0.05) is 0 Å². The van der Waals surface area contributed by atoms with Crippen LogP contribution in [-0.2, 0) is 24.1 Å². The lowest BCUT2D eigenvalue weighted by Crippen LogP contribution is -2.16. The molecule has 90 valence electrons. The Bertz CT molecular complexity index is 271. The van der Waals surface area contributed by atoms with E-state index in [9.17, 15) is 13.2 Å². The Balaban J connectivity index is 3.42. The maximum atomic E-state index is 10.8. The summed E-state index contributed by atoms with van der Waals surface area (Å²) in [5, 5.41) is 0. The van der Waals surface area contributed by atoms with Gasteiger partial charge in [0.1, 0.15) is 0 Å². The van der Waals surface area contributed by atoms with Gasteiger partial charge >= 0.3 is 16.4 Å². The van der Waals surface area contributed by atoms with Crippen LogP contribution in [0.4, 0.5) is 0 Å². The molecule has 0 atom stereocenters. The number of rotatable bonds is 8. The van der Waals surface area contributed by atoms with Crippen LogP contribution >= 0.6 is 0 Å². The van der Waals surface area contributed by atoms with Crippen molar-refractivity contribution in [1.29, 1.82) is 0 Å². The second-order valence-corrected chi connectivity index (χ2v) is 4.06. The summed E-state index contributed by atoms with van der Waals surface area (Å²) < 4.78 is 36.8. The summed E-state index contributed by atoms with van der Waals surface area (Å²) in [6, 6.07) is 0. The van der Waals surface area contributed by atoms with E-state index < -0.39 is 23.0 Å². The molecule has 6 nitrogen and oxygen atoms in total. The molecule has 7 heteroatoms. The molecule has 0 radical (unpaired) electrons. The fourth-order valence-corrected chi connectivity index (χ4v) is 1.12. The van der Waals surface area contributed by atoms with E-state index >= 15 is 0 Å². The molecule has 0 rings (SSSR count). The van der Waals surface area contributed by atoms with E-state index in [4.69, 9.17) is 4.55 Å². The van der Waals surface area contributed by atoms with Gasteiger partial charge in [-0.05, 0) is 6.42 Å². The zero-order chi connectivity index (χ0) is 11.7. The first-order valence-electron chi connectivity index (χ1n) is 4.73. The first-order chi connectivity index (χ1) is 6.95. The van der Waals surface area contributed by atoms with E-state index in [2.05, 4.69) is 15.8 Å². The molecule has 1 N–H and O–H groups in total. The predicted octanol–water partition coefficient (Wildman–Crippen LogP) is 0.929. The third-order valence-electron chi connectivity index (χ3n) is 1.59. The molecule has 0 aromatic heterocycles. The molecule has 0 aromatic carbocycles. The Morgan fingerprint density at radius 3 is 2.47 bits per heavy atom. The van der Waals surface area contributed by atoms with Crippen LogP contribution < -0.4 is 0 Å². The molecular weight excluding hydrogens is 224 g/mol. The van der Waals surface area contributed by atoms with Crippen molar-refractivity contribution in [2.24, 2.45) is 0 Å². The van der Waals surface area contributed by atoms with E-state index in [0.29, 0.717) is 0 Å². The molecule has 0 aliphatic carbocycles. The van der Waals surface area contributed by atoms with Gasteiger partial charge in [-0.2, -0.15) is 8.42 Å². The van der Waals surface area contributed by atoms with Crippen LogP contribution in [0.2, 0.25) is 0 Å². The third kappa shape index (κ3) is 11.3. The van der Waals surface area contributed by atoms with E-state index in [0.717, 1.165) is 25.7 Å². The minimum atomic E-state index is -4.56. The molecule has 15 heavy (non-hydrogen) atoms. The highest BCUT2D eigenvalue weighted by molar-refractivity contribution is 7.80. The topological polar surface area (TPSA) is 89.9 Å². The van der Waals surface area contributed by atoms with Crippen LogP contribution in [0.3, 0.4) is 0 Å². The lowest BCUT2D eigenvalue weighted by atomic mass is 10.2. The molecule has 0 aliphatic rings. The number of esters is 1. The lowest BCUT2D eigenvalue weighted by Gasteiger charge is -2.03. The van der Waals surface area contributed by atoms with Crippen molar-refractivity contribution >= 4 is 16.4 Å². The zero-order valence-corrected chi connectivity index (χ0v) is 9.46. The third-order valence-corrected chi connectivity index (χ3v) is 2.00. The van der Waals surface area contributed by atoms with Crippen LogP contribution in [0.25, 0.3) is 0 Å². The smallest absolute Gasteiger partial charge is 0.397 e. The largest absolute Gasteiger partial charge is 0.464 e. The van der Waals surface area contributed by atoms with Gasteiger partial charge in [0.05, 0.1) is 6.61 Å². The van der Waals surface area contributed by atoms with Crippen LogP contribution in [0.1, 0.15) is 32.6 Å². The Hall–Kier alpha value is -0.660. The number of unbranched alkanes of at least 4 members (excludes halogenated alkanes) is 3. The van der Waals surface area contributed by atoms with Crippen molar-refractivity contribution in [2.75, 3.05) is 13.2 Å². The maximum Gasteiger partial charge on any atom is 0.397 e. The summed E-state index contributed by atoms with van der Waals surface area (Å²) >= 11 is 0. The summed E-state index contributed by atoms with van der Waals surface area (Å²) in [5.41, 5.74) is 0. The minimum Gasteiger partial charge on any atom is -0.464 e. The SMILES string of the molecule is CCCCCCOC(=O)COS(=O)(=O)O. The Morgan fingerprint density at radius 1 is 1.27 bits per heavy atom. The summed E-state index contributed by atoms with van der Waals surface area (Å²) in [7, 11) is -4.56. The number of carbonyl (C=O) groups excluding carboxylic acids is 1. The van der Waals surface area contributed by atoms with Crippen molar-refractivity contribution < 1.29 is 26.7 Å². The van der Waals surface area contributed by atoms with Gasteiger partial charge in [0.25, 0.3) is 0 Å². The lowest BCUT2D eigenvalue weighted by molar-refractivity contribution is -0.146. The van der Waals surface area contributed by atoms with Gasteiger partial charge in [-0.3, -0.25) is 4.55 Å². The number of ether oxygens (including phenoxy) is 1. The molecule has 0 aromatic rings. The first kappa shape index (κ1) is 14.3. The quantitative estimate of drug-likeness (QED) is 0.385. The molecule has 0 fully saturated rings. The monoisotopic (exact) mass is 240 g/mol. The molecule has 0 bridgehead atoms. The van der Waals surface area contributed by atoms with E-state index in [1.165, 1.54) is 0 Å². The molecule has 0 saturated heterocycles. The number of carbonyl (C=O) groups is 1. The van der Waals surface area contributed by atoms with E-state index in [1.54, 1.807) is 0 Å². The molecule has 0 amide bonds. The second-order valence-electron chi connectivity index (χ2n) is 2.97. The van der Waals surface area contributed by atoms with E-state index in [1.807, 2.05) is 0 Å². The molecule has 0 heterocycles. The molecule has 0 saturated carbocycles. The Labute approximate surface area is 89.5 Å². The number of hydrogen-bond acceptors (Lipinski definition) is 5. The van der Waals surface area contributed by atoms with Gasteiger partial charge < -0.3 is 4.74 Å². The zero-order valence-electron chi connectivity index (χ0n) is 8.64. The fourth-order valence-electron chi connectivity index (χ4n) is 0.879. The average molecular weight is 240 g/mol. The van der Waals surface area contributed by atoms with Crippen LogP contribution in [0.15, 0.2) is 0 Å². The van der Waals surface area contributed by atoms with Crippen molar-refractivity contribution in [1.82, 2.24) is 0 Å². The first-order valence-corrected chi connectivity index (χ1v) is 6.09.